The van der Waals surface area contributed by atoms with Crippen LogP contribution in [0.4, 0.5) is 14.9 Å². The van der Waals surface area contributed by atoms with Gasteiger partial charge >= 0.3 is 6.03 Å². The molecule has 210 valence electrons. The Hall–Kier alpha value is -3.91. The van der Waals surface area contributed by atoms with Crippen LogP contribution in [0.3, 0.4) is 0 Å². The van der Waals surface area contributed by atoms with Crippen molar-refractivity contribution in [2.45, 2.75) is 57.2 Å². The fraction of sp³-hybridized carbons (Fsp3) is 0.323. The molecule has 4 rings (SSSR count). The number of anilines is 1. The number of nitrogens with zero attached hydrogens (tertiary/aromatic N) is 1. The van der Waals surface area contributed by atoms with Crippen molar-refractivity contribution in [3.8, 4) is 0 Å². The smallest absolute Gasteiger partial charge is 0.319 e. The van der Waals surface area contributed by atoms with Gasteiger partial charge in [0.15, 0.2) is 0 Å². The van der Waals surface area contributed by atoms with E-state index in [-0.39, 0.29) is 36.5 Å². The summed E-state index contributed by atoms with van der Waals surface area (Å²) in [5.41, 5.74) is 1.71. The first-order valence-corrected chi connectivity index (χ1v) is 13.6. The standard InChI is InChI=1S/C31H34ClFN4O3/c1-31(2,3)36-28(38)19-37-27(21-8-5-4-6-9-21)17-22(20-12-14-24(33)15-13-20)16-26(29(37)39)35-30(40)34-25-11-7-10-23(32)18-25/h4-15,18,22,26-27H,16-17,19H2,1-3H3,(H,36,38)(H2,34,35,40). The Morgan fingerprint density at radius 1 is 0.950 bits per heavy atom. The van der Waals surface area contributed by atoms with Crippen molar-refractivity contribution >= 4 is 35.1 Å². The summed E-state index contributed by atoms with van der Waals surface area (Å²) in [6.07, 6.45) is 0.756. The van der Waals surface area contributed by atoms with E-state index in [0.29, 0.717) is 17.1 Å². The molecule has 3 aromatic rings. The van der Waals surface area contributed by atoms with Gasteiger partial charge in [-0.15, -0.1) is 0 Å². The van der Waals surface area contributed by atoms with Gasteiger partial charge in [0.05, 0.1) is 6.04 Å². The van der Waals surface area contributed by atoms with Crippen LogP contribution in [0, 0.1) is 5.82 Å². The number of hydrogen-bond acceptors (Lipinski definition) is 3. The predicted octanol–water partition coefficient (Wildman–Crippen LogP) is 6.03. The largest absolute Gasteiger partial charge is 0.350 e. The van der Waals surface area contributed by atoms with E-state index in [2.05, 4.69) is 16.0 Å². The Labute approximate surface area is 239 Å². The maximum absolute atomic E-state index is 14.1. The van der Waals surface area contributed by atoms with Crippen molar-refractivity contribution in [2.75, 3.05) is 11.9 Å². The topological polar surface area (TPSA) is 90.5 Å². The van der Waals surface area contributed by atoms with Gasteiger partial charge in [0.1, 0.15) is 18.4 Å². The van der Waals surface area contributed by atoms with E-state index >= 15 is 0 Å². The average molecular weight is 565 g/mol. The second-order valence-electron chi connectivity index (χ2n) is 11.1. The molecule has 0 aliphatic carbocycles. The van der Waals surface area contributed by atoms with Crippen molar-refractivity contribution in [3.05, 3.63) is 101 Å². The quantitative estimate of drug-likeness (QED) is 0.341. The van der Waals surface area contributed by atoms with Crippen LogP contribution < -0.4 is 16.0 Å². The summed E-state index contributed by atoms with van der Waals surface area (Å²) in [5, 5.41) is 8.94. The molecule has 0 bridgehead atoms. The summed E-state index contributed by atoms with van der Waals surface area (Å²) in [6.45, 7) is 5.44. The van der Waals surface area contributed by atoms with Gasteiger partial charge in [-0.25, -0.2) is 9.18 Å². The summed E-state index contributed by atoms with van der Waals surface area (Å²) in [5.74, 6) is -1.24. The maximum atomic E-state index is 14.1. The third kappa shape index (κ3) is 7.82. The number of hydrogen-bond donors (Lipinski definition) is 3. The van der Waals surface area contributed by atoms with E-state index in [4.69, 9.17) is 11.6 Å². The highest BCUT2D eigenvalue weighted by Crippen LogP contribution is 2.39. The summed E-state index contributed by atoms with van der Waals surface area (Å²) in [6, 6.07) is 20.4. The molecule has 3 atom stereocenters. The lowest BCUT2D eigenvalue weighted by atomic mass is 9.86. The van der Waals surface area contributed by atoms with Gasteiger partial charge in [-0.2, -0.15) is 0 Å². The SMILES string of the molecule is CC(C)(C)NC(=O)CN1C(=O)C(NC(=O)Nc2cccc(Cl)c2)CC(c2ccc(F)cc2)CC1c1ccccc1. The second kappa shape index (κ2) is 12.5. The number of likely N-dealkylation sites (tertiary alicyclic amines) is 1. The van der Waals surface area contributed by atoms with E-state index in [1.165, 1.54) is 12.1 Å². The molecule has 9 heteroatoms. The fourth-order valence-electron chi connectivity index (χ4n) is 5.04. The zero-order chi connectivity index (χ0) is 28.9. The molecule has 3 aromatic carbocycles. The van der Waals surface area contributed by atoms with Crippen LogP contribution in [0.15, 0.2) is 78.9 Å². The molecule has 0 aromatic heterocycles. The molecule has 1 aliphatic heterocycles. The fourth-order valence-corrected chi connectivity index (χ4v) is 5.23. The summed E-state index contributed by atoms with van der Waals surface area (Å²) in [7, 11) is 0. The van der Waals surface area contributed by atoms with Crippen molar-refractivity contribution in [1.29, 1.82) is 0 Å². The number of urea groups is 1. The first kappa shape index (κ1) is 29.1. The monoisotopic (exact) mass is 564 g/mol. The molecule has 1 heterocycles. The highest BCUT2D eigenvalue weighted by atomic mass is 35.5. The van der Waals surface area contributed by atoms with Crippen molar-refractivity contribution in [3.63, 3.8) is 0 Å². The van der Waals surface area contributed by atoms with Gasteiger partial charge in [-0.1, -0.05) is 60.1 Å². The molecule has 1 saturated heterocycles. The third-order valence-corrected chi connectivity index (χ3v) is 6.96. The Bertz CT molecular complexity index is 1340. The highest BCUT2D eigenvalue weighted by molar-refractivity contribution is 6.30. The molecule has 1 aliphatic rings. The van der Waals surface area contributed by atoms with E-state index in [0.717, 1.165) is 11.1 Å². The van der Waals surface area contributed by atoms with Gasteiger partial charge in [0.25, 0.3) is 0 Å². The Morgan fingerprint density at radius 2 is 1.65 bits per heavy atom. The van der Waals surface area contributed by atoms with E-state index in [9.17, 15) is 18.8 Å². The first-order chi connectivity index (χ1) is 19.0. The first-order valence-electron chi connectivity index (χ1n) is 13.2. The van der Waals surface area contributed by atoms with Gasteiger partial charge in [0, 0.05) is 16.2 Å². The van der Waals surface area contributed by atoms with Gasteiger partial charge in [-0.3, -0.25) is 9.59 Å². The van der Waals surface area contributed by atoms with Crippen LogP contribution in [0.1, 0.15) is 56.7 Å². The number of benzene rings is 3. The molecular formula is C31H34ClFN4O3. The lowest BCUT2D eigenvalue weighted by Gasteiger charge is -2.33. The molecule has 7 nitrogen and oxygen atoms in total. The third-order valence-electron chi connectivity index (χ3n) is 6.73. The number of carbonyl (C=O) groups is 3. The predicted molar refractivity (Wildman–Crippen MR) is 155 cm³/mol. The molecule has 3 N–H and O–H groups in total. The zero-order valence-corrected chi connectivity index (χ0v) is 23.5. The van der Waals surface area contributed by atoms with Crippen LogP contribution in [0.5, 0.6) is 0 Å². The molecule has 0 saturated carbocycles. The average Bonchev–Trinajstić information content (AvgIpc) is 3.01. The molecule has 1 fully saturated rings. The number of halogens is 2. The van der Waals surface area contributed by atoms with Crippen LogP contribution in [-0.2, 0) is 9.59 Å². The summed E-state index contributed by atoms with van der Waals surface area (Å²) >= 11 is 6.05. The van der Waals surface area contributed by atoms with E-state index in [1.54, 1.807) is 41.3 Å². The van der Waals surface area contributed by atoms with Gasteiger partial charge in [-0.05, 0) is 81.0 Å². The second-order valence-corrected chi connectivity index (χ2v) is 11.5. The lowest BCUT2D eigenvalue weighted by molar-refractivity contribution is -0.139. The van der Waals surface area contributed by atoms with Crippen molar-refractivity contribution in [2.24, 2.45) is 0 Å². The number of carbonyl (C=O) groups excluding carboxylic acids is 3. The van der Waals surface area contributed by atoms with Crippen LogP contribution >= 0.6 is 11.6 Å². The number of amides is 4. The van der Waals surface area contributed by atoms with Gasteiger partial charge in [0.2, 0.25) is 11.8 Å². The van der Waals surface area contributed by atoms with Crippen LogP contribution in [0.2, 0.25) is 5.02 Å². The molecule has 0 radical (unpaired) electrons. The normalized spacial score (nSPS) is 19.5. The Balaban J connectivity index is 1.69. The van der Waals surface area contributed by atoms with Crippen LogP contribution in [0.25, 0.3) is 0 Å². The Morgan fingerprint density at radius 3 is 2.30 bits per heavy atom. The maximum Gasteiger partial charge on any atom is 0.319 e. The minimum absolute atomic E-state index is 0.181. The molecule has 0 spiro atoms. The van der Waals surface area contributed by atoms with E-state index in [1.807, 2.05) is 51.1 Å². The summed E-state index contributed by atoms with van der Waals surface area (Å²) in [4.78, 5) is 41.8. The van der Waals surface area contributed by atoms with Gasteiger partial charge < -0.3 is 20.9 Å². The minimum Gasteiger partial charge on any atom is -0.350 e. The molecule has 3 unspecified atom stereocenters. The van der Waals surface area contributed by atoms with E-state index < -0.39 is 23.7 Å². The van der Waals surface area contributed by atoms with Crippen LogP contribution in [-0.4, -0.2) is 40.9 Å². The zero-order valence-electron chi connectivity index (χ0n) is 22.8. The Kier molecular flexibility index (Phi) is 9.10. The number of nitrogens with one attached hydrogen (secondary N) is 3. The summed E-state index contributed by atoms with van der Waals surface area (Å²) < 4.78 is 13.8. The highest BCUT2D eigenvalue weighted by Gasteiger charge is 2.40. The van der Waals surface area contributed by atoms with Crippen molar-refractivity contribution in [1.82, 2.24) is 15.5 Å². The minimum atomic E-state index is -0.939. The lowest BCUT2D eigenvalue weighted by Crippen LogP contribution is -2.53. The number of rotatable bonds is 6. The molecular weight excluding hydrogens is 531 g/mol. The molecule has 40 heavy (non-hydrogen) atoms. The van der Waals surface area contributed by atoms with Crippen molar-refractivity contribution < 1.29 is 18.8 Å². The molecule has 4 amide bonds.